The summed E-state index contributed by atoms with van der Waals surface area (Å²) in [7, 11) is 0. The lowest BCUT2D eigenvalue weighted by atomic mass is 9.97. The third kappa shape index (κ3) is 2.06. The Labute approximate surface area is 163 Å². The highest BCUT2D eigenvalue weighted by Gasteiger charge is 2.19. The van der Waals surface area contributed by atoms with Gasteiger partial charge in [0.1, 0.15) is 11.2 Å². The molecule has 0 aliphatic heterocycles. The molecule has 0 spiro atoms. The number of furan rings is 1. The number of para-hydroxylation sites is 1. The van der Waals surface area contributed by atoms with Crippen LogP contribution in [0.2, 0.25) is 0 Å². The van der Waals surface area contributed by atoms with E-state index in [1.807, 2.05) is 18.2 Å². The van der Waals surface area contributed by atoms with Gasteiger partial charge >= 0.3 is 0 Å². The number of aromatic nitrogens is 1. The fourth-order valence-electron chi connectivity index (χ4n) is 4.13. The van der Waals surface area contributed by atoms with E-state index in [2.05, 4.69) is 81.6 Å². The Kier molecular flexibility index (Phi) is 3.06. The van der Waals surface area contributed by atoms with Gasteiger partial charge in [0.05, 0.1) is 10.9 Å². The van der Waals surface area contributed by atoms with E-state index in [0.717, 1.165) is 37.4 Å². The van der Waals surface area contributed by atoms with Gasteiger partial charge in [-0.1, -0.05) is 70.5 Å². The first-order valence-corrected chi connectivity index (χ1v) is 9.70. The van der Waals surface area contributed by atoms with Crippen molar-refractivity contribution in [3.8, 4) is 11.1 Å². The summed E-state index contributed by atoms with van der Waals surface area (Å²) in [5.74, 6) is 0. The molecule has 0 saturated heterocycles. The van der Waals surface area contributed by atoms with Crippen molar-refractivity contribution in [3.05, 3.63) is 83.3 Å². The molecule has 2 nitrogen and oxygen atoms in total. The van der Waals surface area contributed by atoms with Gasteiger partial charge in [0.25, 0.3) is 0 Å². The molecule has 6 rings (SSSR count). The van der Waals surface area contributed by atoms with E-state index in [0.29, 0.717) is 0 Å². The van der Waals surface area contributed by atoms with E-state index < -0.39 is 0 Å². The standard InChI is InChI=1S/C24H14BrNO/c25-17-10-6-12-19-22(17)23-20(27-19)13-16(14-7-2-1-3-8-14)21-15-9-4-5-11-18(15)26-24(21)23/h1-13,26H. The lowest BCUT2D eigenvalue weighted by molar-refractivity contribution is 0.669. The van der Waals surface area contributed by atoms with E-state index in [9.17, 15) is 0 Å². The topological polar surface area (TPSA) is 28.9 Å². The zero-order chi connectivity index (χ0) is 18.0. The fourth-order valence-corrected chi connectivity index (χ4v) is 4.68. The first-order valence-electron chi connectivity index (χ1n) is 8.91. The molecule has 0 aliphatic rings. The second-order valence-electron chi connectivity index (χ2n) is 6.80. The number of benzene rings is 4. The lowest BCUT2D eigenvalue weighted by Gasteiger charge is -2.06. The van der Waals surface area contributed by atoms with Gasteiger partial charge in [0.15, 0.2) is 0 Å². The number of aromatic amines is 1. The number of hydrogen-bond donors (Lipinski definition) is 1. The summed E-state index contributed by atoms with van der Waals surface area (Å²) >= 11 is 3.72. The molecule has 6 aromatic rings. The zero-order valence-corrected chi connectivity index (χ0v) is 15.9. The van der Waals surface area contributed by atoms with Crippen molar-refractivity contribution >= 4 is 59.7 Å². The molecule has 2 aromatic heterocycles. The first kappa shape index (κ1) is 15.1. The largest absolute Gasteiger partial charge is 0.456 e. The molecule has 0 bridgehead atoms. The van der Waals surface area contributed by atoms with Crippen LogP contribution in [0.25, 0.3) is 54.9 Å². The van der Waals surface area contributed by atoms with Crippen molar-refractivity contribution in [1.82, 2.24) is 4.98 Å². The molecule has 0 fully saturated rings. The molecular formula is C24H14BrNO. The molecule has 0 unspecified atom stereocenters. The van der Waals surface area contributed by atoms with Crippen LogP contribution in [0.3, 0.4) is 0 Å². The summed E-state index contributed by atoms with van der Waals surface area (Å²) in [6.45, 7) is 0. The van der Waals surface area contributed by atoms with Crippen LogP contribution in [0.1, 0.15) is 0 Å². The third-order valence-corrected chi connectivity index (χ3v) is 5.94. The molecule has 0 atom stereocenters. The second-order valence-corrected chi connectivity index (χ2v) is 7.65. The summed E-state index contributed by atoms with van der Waals surface area (Å²) in [5.41, 5.74) is 6.43. The van der Waals surface area contributed by atoms with Crippen LogP contribution in [0.15, 0.2) is 87.8 Å². The Hall–Kier alpha value is -3.04. The Morgan fingerprint density at radius 1 is 0.704 bits per heavy atom. The van der Waals surface area contributed by atoms with Crippen LogP contribution in [0.4, 0.5) is 0 Å². The summed E-state index contributed by atoms with van der Waals surface area (Å²) in [6, 6.07) is 27.3. The molecule has 1 N–H and O–H groups in total. The first-order chi connectivity index (χ1) is 13.3. The smallest absolute Gasteiger partial charge is 0.138 e. The van der Waals surface area contributed by atoms with Crippen LogP contribution < -0.4 is 0 Å². The van der Waals surface area contributed by atoms with Crippen molar-refractivity contribution < 1.29 is 4.42 Å². The van der Waals surface area contributed by atoms with Crippen LogP contribution in [-0.4, -0.2) is 4.98 Å². The van der Waals surface area contributed by atoms with Gasteiger partial charge < -0.3 is 9.40 Å². The average molecular weight is 412 g/mol. The predicted octanol–water partition coefficient (Wildman–Crippen LogP) is 7.65. The number of halogens is 1. The lowest BCUT2D eigenvalue weighted by Crippen LogP contribution is -1.81. The quantitative estimate of drug-likeness (QED) is 0.295. The monoisotopic (exact) mass is 411 g/mol. The van der Waals surface area contributed by atoms with Gasteiger partial charge in [-0.05, 0) is 35.4 Å². The number of hydrogen-bond acceptors (Lipinski definition) is 1. The van der Waals surface area contributed by atoms with Gasteiger partial charge in [0, 0.05) is 26.1 Å². The Bertz CT molecular complexity index is 1470. The minimum Gasteiger partial charge on any atom is -0.456 e. The van der Waals surface area contributed by atoms with Crippen LogP contribution >= 0.6 is 15.9 Å². The third-order valence-electron chi connectivity index (χ3n) is 5.28. The Morgan fingerprint density at radius 3 is 2.41 bits per heavy atom. The van der Waals surface area contributed by atoms with Crippen molar-refractivity contribution in [2.45, 2.75) is 0 Å². The normalized spacial score (nSPS) is 11.9. The van der Waals surface area contributed by atoms with E-state index >= 15 is 0 Å². The minimum atomic E-state index is 0.893. The fraction of sp³-hybridized carbons (Fsp3) is 0. The van der Waals surface area contributed by atoms with E-state index in [1.54, 1.807) is 0 Å². The highest BCUT2D eigenvalue weighted by atomic mass is 79.9. The summed E-state index contributed by atoms with van der Waals surface area (Å²) in [5, 5.41) is 4.71. The average Bonchev–Trinajstić information content (AvgIpc) is 3.27. The van der Waals surface area contributed by atoms with Gasteiger partial charge in [-0.25, -0.2) is 0 Å². The molecule has 4 aromatic carbocycles. The molecule has 0 radical (unpaired) electrons. The number of fused-ring (bicyclic) bond motifs is 7. The number of rotatable bonds is 1. The molecule has 2 heterocycles. The summed E-state index contributed by atoms with van der Waals surface area (Å²) in [4.78, 5) is 3.66. The highest BCUT2D eigenvalue weighted by molar-refractivity contribution is 9.10. The van der Waals surface area contributed by atoms with Crippen LogP contribution in [0.5, 0.6) is 0 Å². The summed E-state index contributed by atoms with van der Waals surface area (Å²) in [6.07, 6.45) is 0. The molecular weight excluding hydrogens is 398 g/mol. The maximum atomic E-state index is 6.25. The molecule has 0 amide bonds. The van der Waals surface area contributed by atoms with Gasteiger partial charge in [-0.2, -0.15) is 0 Å². The number of nitrogens with one attached hydrogen (secondary N) is 1. The van der Waals surface area contributed by atoms with Crippen molar-refractivity contribution in [2.24, 2.45) is 0 Å². The van der Waals surface area contributed by atoms with Crippen molar-refractivity contribution in [2.75, 3.05) is 0 Å². The van der Waals surface area contributed by atoms with Crippen molar-refractivity contribution in [3.63, 3.8) is 0 Å². The maximum absolute atomic E-state index is 6.25. The van der Waals surface area contributed by atoms with Gasteiger partial charge in [0.2, 0.25) is 0 Å². The van der Waals surface area contributed by atoms with Gasteiger partial charge in [-0.15, -0.1) is 0 Å². The number of H-pyrrole nitrogens is 1. The summed E-state index contributed by atoms with van der Waals surface area (Å²) < 4.78 is 7.30. The van der Waals surface area contributed by atoms with E-state index in [4.69, 9.17) is 4.42 Å². The van der Waals surface area contributed by atoms with E-state index in [-0.39, 0.29) is 0 Å². The Balaban J connectivity index is 1.93. The van der Waals surface area contributed by atoms with Crippen molar-refractivity contribution in [1.29, 1.82) is 0 Å². The van der Waals surface area contributed by atoms with E-state index in [1.165, 1.54) is 21.9 Å². The molecule has 0 aliphatic carbocycles. The highest BCUT2D eigenvalue weighted by Crippen LogP contribution is 2.44. The zero-order valence-electron chi connectivity index (χ0n) is 14.3. The molecule has 27 heavy (non-hydrogen) atoms. The van der Waals surface area contributed by atoms with Crippen LogP contribution in [0, 0.1) is 0 Å². The van der Waals surface area contributed by atoms with Gasteiger partial charge in [-0.3, -0.25) is 0 Å². The molecule has 3 heteroatoms. The second kappa shape index (κ2) is 5.48. The molecule has 128 valence electrons. The Morgan fingerprint density at radius 2 is 1.52 bits per heavy atom. The SMILES string of the molecule is Brc1cccc2oc3cc(-c4ccccc4)c4c5ccccc5[nH]c4c3c12. The molecule has 0 saturated carbocycles. The minimum absolute atomic E-state index is 0.893. The predicted molar refractivity (Wildman–Crippen MR) is 116 cm³/mol. The van der Waals surface area contributed by atoms with Crippen LogP contribution in [-0.2, 0) is 0 Å². The maximum Gasteiger partial charge on any atom is 0.138 e.